The van der Waals surface area contributed by atoms with Crippen molar-refractivity contribution in [2.24, 2.45) is 0 Å². The third-order valence-electron chi connectivity index (χ3n) is 3.31. The first-order valence-corrected chi connectivity index (χ1v) is 5.53. The summed E-state index contributed by atoms with van der Waals surface area (Å²) in [6, 6.07) is 12.5. The average Bonchev–Trinajstić information content (AvgIpc) is 2.91. The molecule has 0 amide bonds. The first kappa shape index (κ1) is 8.17. The molecule has 2 aromatic carbocycles. The van der Waals surface area contributed by atoms with Crippen LogP contribution in [0.4, 0.5) is 0 Å². The Morgan fingerprint density at radius 3 is 2.88 bits per heavy atom. The van der Waals surface area contributed by atoms with Crippen molar-refractivity contribution < 1.29 is 4.42 Å². The number of hydrogen-bond donors (Lipinski definition) is 0. The van der Waals surface area contributed by atoms with Gasteiger partial charge in [0.15, 0.2) is 0 Å². The monoisotopic (exact) mass is 206 g/mol. The molecule has 0 atom stereocenters. The summed E-state index contributed by atoms with van der Waals surface area (Å²) in [7, 11) is 0. The fourth-order valence-electron chi connectivity index (χ4n) is 2.58. The first-order valence-electron chi connectivity index (χ1n) is 5.53. The molecule has 0 saturated heterocycles. The number of benzene rings is 2. The highest BCUT2D eigenvalue weighted by atomic mass is 16.3. The van der Waals surface area contributed by atoms with Gasteiger partial charge in [0.25, 0.3) is 0 Å². The van der Waals surface area contributed by atoms with Crippen molar-refractivity contribution in [3.8, 4) is 0 Å². The molecule has 1 nitrogen and oxygen atoms in total. The molecule has 1 heteroatoms. The van der Waals surface area contributed by atoms with Crippen molar-refractivity contribution >= 4 is 28.0 Å². The summed E-state index contributed by atoms with van der Waals surface area (Å²) in [5, 5.41) is 2.52. The SMILES string of the molecule is C1=Cc2ccc3oc4ccccc4c3c2C1. The van der Waals surface area contributed by atoms with Gasteiger partial charge in [0, 0.05) is 10.8 Å². The molecule has 0 saturated carbocycles. The molecule has 0 fully saturated rings. The molecule has 0 bridgehead atoms. The molecule has 16 heavy (non-hydrogen) atoms. The zero-order valence-electron chi connectivity index (χ0n) is 8.73. The minimum absolute atomic E-state index is 0.984. The second-order valence-electron chi connectivity index (χ2n) is 4.21. The van der Waals surface area contributed by atoms with E-state index in [1.807, 2.05) is 12.1 Å². The fraction of sp³-hybridized carbons (Fsp3) is 0.0667. The van der Waals surface area contributed by atoms with Crippen molar-refractivity contribution in [1.82, 2.24) is 0 Å². The zero-order chi connectivity index (χ0) is 10.5. The number of allylic oxidation sites excluding steroid dienone is 1. The molecule has 3 aromatic rings. The highest BCUT2D eigenvalue weighted by molar-refractivity contribution is 6.08. The summed E-state index contributed by atoms with van der Waals surface area (Å²) >= 11 is 0. The van der Waals surface area contributed by atoms with E-state index in [1.165, 1.54) is 21.9 Å². The Labute approximate surface area is 93.0 Å². The van der Waals surface area contributed by atoms with Gasteiger partial charge in [-0.25, -0.2) is 0 Å². The Balaban J connectivity index is 2.29. The molecule has 0 unspecified atom stereocenters. The van der Waals surface area contributed by atoms with E-state index in [0.29, 0.717) is 0 Å². The van der Waals surface area contributed by atoms with Crippen molar-refractivity contribution in [2.45, 2.75) is 6.42 Å². The van der Waals surface area contributed by atoms with Gasteiger partial charge in [-0.15, -0.1) is 0 Å². The van der Waals surface area contributed by atoms with Gasteiger partial charge in [-0.05, 0) is 29.7 Å². The molecule has 0 aliphatic heterocycles. The zero-order valence-corrected chi connectivity index (χ0v) is 8.73. The van der Waals surface area contributed by atoms with Gasteiger partial charge in [0.2, 0.25) is 0 Å². The molecule has 1 aliphatic carbocycles. The lowest BCUT2D eigenvalue weighted by molar-refractivity contribution is 0.669. The minimum atomic E-state index is 0.984. The van der Waals surface area contributed by atoms with Crippen LogP contribution in [0.2, 0.25) is 0 Å². The van der Waals surface area contributed by atoms with E-state index < -0.39 is 0 Å². The Morgan fingerprint density at radius 2 is 1.88 bits per heavy atom. The van der Waals surface area contributed by atoms with Crippen LogP contribution >= 0.6 is 0 Å². The van der Waals surface area contributed by atoms with Crippen LogP contribution in [-0.2, 0) is 6.42 Å². The molecule has 0 radical (unpaired) electrons. The van der Waals surface area contributed by atoms with Crippen molar-refractivity contribution in [3.05, 3.63) is 53.6 Å². The van der Waals surface area contributed by atoms with E-state index in [2.05, 4.69) is 36.4 Å². The van der Waals surface area contributed by atoms with Crippen LogP contribution in [0.25, 0.3) is 28.0 Å². The van der Waals surface area contributed by atoms with Gasteiger partial charge >= 0.3 is 0 Å². The van der Waals surface area contributed by atoms with Crippen LogP contribution < -0.4 is 0 Å². The Morgan fingerprint density at radius 1 is 0.938 bits per heavy atom. The fourth-order valence-corrected chi connectivity index (χ4v) is 2.58. The summed E-state index contributed by atoms with van der Waals surface area (Å²) < 4.78 is 5.85. The summed E-state index contributed by atoms with van der Waals surface area (Å²) in [6.07, 6.45) is 5.43. The van der Waals surface area contributed by atoms with Crippen molar-refractivity contribution in [3.63, 3.8) is 0 Å². The maximum absolute atomic E-state index is 5.85. The molecule has 1 aromatic heterocycles. The topological polar surface area (TPSA) is 13.1 Å². The third kappa shape index (κ3) is 0.904. The smallest absolute Gasteiger partial charge is 0.135 e. The molecular weight excluding hydrogens is 196 g/mol. The van der Waals surface area contributed by atoms with Crippen LogP contribution in [0.1, 0.15) is 11.1 Å². The van der Waals surface area contributed by atoms with Crippen LogP contribution in [0, 0.1) is 0 Å². The number of fused-ring (bicyclic) bond motifs is 5. The van der Waals surface area contributed by atoms with Crippen LogP contribution in [0.3, 0.4) is 0 Å². The lowest BCUT2D eigenvalue weighted by Crippen LogP contribution is -1.82. The Hall–Kier alpha value is -2.02. The van der Waals surface area contributed by atoms with Crippen molar-refractivity contribution in [2.75, 3.05) is 0 Å². The molecule has 76 valence electrons. The maximum atomic E-state index is 5.85. The number of para-hydroxylation sites is 1. The second kappa shape index (κ2) is 2.76. The molecule has 1 aliphatic rings. The first-order chi connectivity index (χ1) is 7.93. The lowest BCUT2D eigenvalue weighted by Gasteiger charge is -1.99. The van der Waals surface area contributed by atoms with Gasteiger partial charge in [-0.1, -0.05) is 36.4 Å². The molecular formula is C15H10O. The van der Waals surface area contributed by atoms with E-state index in [0.717, 1.165) is 17.6 Å². The second-order valence-corrected chi connectivity index (χ2v) is 4.21. The maximum Gasteiger partial charge on any atom is 0.135 e. The van der Waals surface area contributed by atoms with Gasteiger partial charge in [-0.2, -0.15) is 0 Å². The molecule has 1 heterocycles. The van der Waals surface area contributed by atoms with E-state index in [-0.39, 0.29) is 0 Å². The Bertz CT molecular complexity index is 732. The van der Waals surface area contributed by atoms with Crippen LogP contribution in [-0.4, -0.2) is 0 Å². The summed E-state index contributed by atoms with van der Waals surface area (Å²) in [5.74, 6) is 0. The van der Waals surface area contributed by atoms with Crippen molar-refractivity contribution in [1.29, 1.82) is 0 Å². The number of hydrogen-bond acceptors (Lipinski definition) is 1. The molecule has 0 spiro atoms. The lowest BCUT2D eigenvalue weighted by atomic mass is 10.0. The number of furan rings is 1. The van der Waals surface area contributed by atoms with Gasteiger partial charge < -0.3 is 4.42 Å². The molecule has 4 rings (SSSR count). The van der Waals surface area contributed by atoms with E-state index in [1.54, 1.807) is 0 Å². The largest absolute Gasteiger partial charge is 0.456 e. The Kier molecular flexibility index (Phi) is 1.41. The molecule has 0 N–H and O–H groups in total. The van der Waals surface area contributed by atoms with Gasteiger partial charge in [0.05, 0.1) is 0 Å². The predicted octanol–water partition coefficient (Wildman–Crippen LogP) is 4.16. The number of rotatable bonds is 0. The van der Waals surface area contributed by atoms with Gasteiger partial charge in [-0.3, -0.25) is 0 Å². The summed E-state index contributed by atoms with van der Waals surface area (Å²) in [4.78, 5) is 0. The minimum Gasteiger partial charge on any atom is -0.456 e. The summed E-state index contributed by atoms with van der Waals surface area (Å²) in [5.41, 5.74) is 4.72. The van der Waals surface area contributed by atoms with Crippen LogP contribution in [0.5, 0.6) is 0 Å². The van der Waals surface area contributed by atoms with E-state index in [9.17, 15) is 0 Å². The average molecular weight is 206 g/mol. The standard InChI is InChI=1S/C15H10O/c1-2-7-13-12(5-1)15-11-6-3-4-10(11)8-9-14(15)16-13/h1-5,7-9H,6H2. The van der Waals surface area contributed by atoms with Crippen LogP contribution in [0.15, 0.2) is 46.9 Å². The normalized spacial score (nSPS) is 13.8. The third-order valence-corrected chi connectivity index (χ3v) is 3.31. The quantitative estimate of drug-likeness (QED) is 0.538. The predicted molar refractivity (Wildman–Crippen MR) is 66.5 cm³/mol. The van der Waals surface area contributed by atoms with Gasteiger partial charge in [0.1, 0.15) is 11.2 Å². The van der Waals surface area contributed by atoms with E-state index >= 15 is 0 Å². The highest BCUT2D eigenvalue weighted by Gasteiger charge is 2.14. The highest BCUT2D eigenvalue weighted by Crippen LogP contribution is 2.35. The summed E-state index contributed by atoms with van der Waals surface area (Å²) in [6.45, 7) is 0. The van der Waals surface area contributed by atoms with E-state index in [4.69, 9.17) is 4.42 Å².